The molecule has 1 rings (SSSR count). The van der Waals surface area contributed by atoms with Crippen LogP contribution in [0.15, 0.2) is 18.2 Å². The van der Waals surface area contributed by atoms with Crippen LogP contribution in [0.1, 0.15) is 19.4 Å². The van der Waals surface area contributed by atoms with Crippen molar-refractivity contribution in [2.45, 2.75) is 32.4 Å². The van der Waals surface area contributed by atoms with Crippen molar-refractivity contribution in [3.05, 3.63) is 29.6 Å². The van der Waals surface area contributed by atoms with Gasteiger partial charge in [0.1, 0.15) is 6.61 Å². The maximum atomic E-state index is 13.6. The van der Waals surface area contributed by atoms with Crippen LogP contribution < -0.4 is 10.5 Å². The van der Waals surface area contributed by atoms with Crippen molar-refractivity contribution < 1.29 is 13.9 Å². The van der Waals surface area contributed by atoms with Gasteiger partial charge in [-0.3, -0.25) is 0 Å². The summed E-state index contributed by atoms with van der Waals surface area (Å²) in [5.41, 5.74) is 6.52. The molecule has 0 heterocycles. The number of para-hydroxylation sites is 1. The standard InChI is InChI=1S/C13H20FNO2/c1-9(15)7-11-5-4-6-12(14)13(11)17-8-10(2)16-3/h4-6,9-10H,7-8,15H2,1-3H3. The van der Waals surface area contributed by atoms with Crippen molar-refractivity contribution in [2.75, 3.05) is 13.7 Å². The Bertz CT molecular complexity index is 355. The normalized spacial score (nSPS) is 14.4. The quantitative estimate of drug-likeness (QED) is 0.829. The number of hydrogen-bond acceptors (Lipinski definition) is 3. The molecule has 0 aliphatic heterocycles. The molecule has 0 saturated carbocycles. The molecule has 0 bridgehead atoms. The second kappa shape index (κ2) is 6.57. The van der Waals surface area contributed by atoms with Gasteiger partial charge in [0.05, 0.1) is 6.10 Å². The molecule has 2 atom stereocenters. The Balaban J connectivity index is 2.80. The smallest absolute Gasteiger partial charge is 0.165 e. The van der Waals surface area contributed by atoms with E-state index in [0.29, 0.717) is 13.0 Å². The van der Waals surface area contributed by atoms with Crippen LogP contribution >= 0.6 is 0 Å². The summed E-state index contributed by atoms with van der Waals surface area (Å²) in [5, 5.41) is 0. The molecule has 0 aliphatic rings. The van der Waals surface area contributed by atoms with E-state index in [0.717, 1.165) is 5.56 Å². The average Bonchev–Trinajstić information content (AvgIpc) is 2.27. The first-order chi connectivity index (χ1) is 8.04. The van der Waals surface area contributed by atoms with Crippen LogP contribution in [-0.2, 0) is 11.2 Å². The van der Waals surface area contributed by atoms with E-state index in [2.05, 4.69) is 0 Å². The molecule has 1 aromatic carbocycles. The summed E-state index contributed by atoms with van der Waals surface area (Å²) in [5.74, 6) is -0.0693. The van der Waals surface area contributed by atoms with E-state index in [4.69, 9.17) is 15.2 Å². The monoisotopic (exact) mass is 241 g/mol. The highest BCUT2D eigenvalue weighted by atomic mass is 19.1. The van der Waals surface area contributed by atoms with E-state index in [1.165, 1.54) is 6.07 Å². The van der Waals surface area contributed by atoms with Gasteiger partial charge in [-0.25, -0.2) is 4.39 Å². The van der Waals surface area contributed by atoms with Crippen molar-refractivity contribution in [1.29, 1.82) is 0 Å². The Kier molecular flexibility index (Phi) is 5.38. The van der Waals surface area contributed by atoms with Crippen LogP contribution in [0.25, 0.3) is 0 Å². The Hall–Kier alpha value is -1.13. The third kappa shape index (κ3) is 4.32. The van der Waals surface area contributed by atoms with Crippen LogP contribution in [0.5, 0.6) is 5.75 Å². The molecule has 2 N–H and O–H groups in total. The lowest BCUT2D eigenvalue weighted by Gasteiger charge is -2.16. The van der Waals surface area contributed by atoms with Crippen LogP contribution in [0.3, 0.4) is 0 Å². The van der Waals surface area contributed by atoms with E-state index in [1.807, 2.05) is 19.9 Å². The lowest BCUT2D eigenvalue weighted by molar-refractivity contribution is 0.0697. The first-order valence-corrected chi connectivity index (χ1v) is 5.73. The maximum absolute atomic E-state index is 13.6. The highest BCUT2D eigenvalue weighted by Gasteiger charge is 2.12. The minimum atomic E-state index is -0.355. The van der Waals surface area contributed by atoms with E-state index < -0.39 is 0 Å². The molecular weight excluding hydrogens is 221 g/mol. The lowest BCUT2D eigenvalue weighted by Crippen LogP contribution is -2.20. The van der Waals surface area contributed by atoms with Crippen LogP contribution in [0, 0.1) is 5.82 Å². The molecule has 0 amide bonds. The summed E-state index contributed by atoms with van der Waals surface area (Å²) in [6, 6.07) is 4.86. The van der Waals surface area contributed by atoms with Gasteiger partial charge >= 0.3 is 0 Å². The highest BCUT2D eigenvalue weighted by Crippen LogP contribution is 2.24. The zero-order valence-electron chi connectivity index (χ0n) is 10.6. The molecule has 4 heteroatoms. The van der Waals surface area contributed by atoms with Crippen molar-refractivity contribution >= 4 is 0 Å². The summed E-state index contributed by atoms with van der Waals surface area (Å²) < 4.78 is 24.2. The van der Waals surface area contributed by atoms with Gasteiger partial charge in [-0.05, 0) is 31.9 Å². The zero-order chi connectivity index (χ0) is 12.8. The lowest BCUT2D eigenvalue weighted by atomic mass is 10.1. The molecule has 1 aromatic rings. The Morgan fingerprint density at radius 1 is 1.35 bits per heavy atom. The summed E-state index contributed by atoms with van der Waals surface area (Å²) in [6.45, 7) is 4.07. The van der Waals surface area contributed by atoms with Crippen molar-refractivity contribution in [3.8, 4) is 5.75 Å². The summed E-state index contributed by atoms with van der Waals surface area (Å²) in [7, 11) is 1.60. The average molecular weight is 241 g/mol. The highest BCUT2D eigenvalue weighted by molar-refractivity contribution is 5.35. The third-order valence-corrected chi connectivity index (χ3v) is 2.46. The topological polar surface area (TPSA) is 44.5 Å². The molecule has 0 saturated heterocycles. The molecule has 0 aliphatic carbocycles. The Labute approximate surface area is 102 Å². The predicted octanol–water partition coefficient (Wildman–Crippen LogP) is 2.13. The number of ether oxygens (including phenoxy) is 2. The van der Waals surface area contributed by atoms with Gasteiger partial charge < -0.3 is 15.2 Å². The maximum Gasteiger partial charge on any atom is 0.165 e. The van der Waals surface area contributed by atoms with Crippen LogP contribution in [0.4, 0.5) is 4.39 Å². The van der Waals surface area contributed by atoms with E-state index >= 15 is 0 Å². The molecule has 0 fully saturated rings. The third-order valence-electron chi connectivity index (χ3n) is 2.46. The van der Waals surface area contributed by atoms with E-state index in [9.17, 15) is 4.39 Å². The molecule has 17 heavy (non-hydrogen) atoms. The number of halogens is 1. The van der Waals surface area contributed by atoms with Gasteiger partial charge in [0.15, 0.2) is 11.6 Å². The fourth-order valence-corrected chi connectivity index (χ4v) is 1.49. The first-order valence-electron chi connectivity index (χ1n) is 5.73. The fraction of sp³-hybridized carbons (Fsp3) is 0.538. The minimum Gasteiger partial charge on any atom is -0.488 e. The largest absolute Gasteiger partial charge is 0.488 e. The van der Waals surface area contributed by atoms with Gasteiger partial charge in [-0.2, -0.15) is 0 Å². The Morgan fingerprint density at radius 2 is 2.06 bits per heavy atom. The molecule has 2 unspecified atom stereocenters. The zero-order valence-corrected chi connectivity index (χ0v) is 10.6. The summed E-state index contributed by atoms with van der Waals surface area (Å²) in [4.78, 5) is 0. The fourth-order valence-electron chi connectivity index (χ4n) is 1.49. The van der Waals surface area contributed by atoms with Gasteiger partial charge in [0.25, 0.3) is 0 Å². The molecule has 0 aromatic heterocycles. The van der Waals surface area contributed by atoms with Gasteiger partial charge in [-0.1, -0.05) is 12.1 Å². The van der Waals surface area contributed by atoms with Gasteiger partial charge in [0, 0.05) is 13.2 Å². The van der Waals surface area contributed by atoms with E-state index in [-0.39, 0.29) is 23.7 Å². The number of rotatable bonds is 6. The minimum absolute atomic E-state index is 0.0287. The number of benzene rings is 1. The van der Waals surface area contributed by atoms with Crippen molar-refractivity contribution in [3.63, 3.8) is 0 Å². The molecule has 0 spiro atoms. The summed E-state index contributed by atoms with van der Waals surface area (Å²) in [6.07, 6.45) is 0.520. The van der Waals surface area contributed by atoms with Crippen molar-refractivity contribution in [1.82, 2.24) is 0 Å². The number of methoxy groups -OCH3 is 1. The second-order valence-electron chi connectivity index (χ2n) is 4.27. The SMILES string of the molecule is COC(C)COc1c(F)cccc1CC(C)N. The molecule has 96 valence electrons. The predicted molar refractivity (Wildman–Crippen MR) is 65.7 cm³/mol. The van der Waals surface area contributed by atoms with Crippen LogP contribution in [-0.4, -0.2) is 25.9 Å². The summed E-state index contributed by atoms with van der Waals surface area (Å²) >= 11 is 0. The number of nitrogens with two attached hydrogens (primary N) is 1. The first kappa shape index (κ1) is 13.9. The second-order valence-corrected chi connectivity index (χ2v) is 4.27. The molecule has 3 nitrogen and oxygen atoms in total. The van der Waals surface area contributed by atoms with Crippen LogP contribution in [0.2, 0.25) is 0 Å². The Morgan fingerprint density at radius 3 is 2.65 bits per heavy atom. The number of hydrogen-bond donors (Lipinski definition) is 1. The van der Waals surface area contributed by atoms with Gasteiger partial charge in [0.2, 0.25) is 0 Å². The van der Waals surface area contributed by atoms with Gasteiger partial charge in [-0.15, -0.1) is 0 Å². The molecular formula is C13H20FNO2. The molecule has 0 radical (unpaired) electrons. The van der Waals surface area contributed by atoms with Crippen molar-refractivity contribution in [2.24, 2.45) is 5.73 Å². The van der Waals surface area contributed by atoms with E-state index in [1.54, 1.807) is 13.2 Å².